The Morgan fingerprint density at radius 3 is 1.77 bits per heavy atom. The second kappa shape index (κ2) is 7.66. The van der Waals surface area contributed by atoms with E-state index in [9.17, 15) is 0 Å². The fourth-order valence-electron chi connectivity index (χ4n) is 0.861. The van der Waals surface area contributed by atoms with Crippen LogP contribution < -0.4 is 4.74 Å². The Kier molecular flexibility index (Phi) is 7.08. The molecule has 0 saturated carbocycles. The van der Waals surface area contributed by atoms with E-state index in [1.165, 1.54) is 12.0 Å². The maximum Gasteiger partial charge on any atom is 0.118 e. The second-order valence-corrected chi connectivity index (χ2v) is 2.91. The maximum atomic E-state index is 5.01. The lowest BCUT2D eigenvalue weighted by atomic mass is 10.2. The van der Waals surface area contributed by atoms with Gasteiger partial charge in [-0.2, -0.15) is 0 Å². The molecule has 1 aromatic rings. The van der Waals surface area contributed by atoms with Gasteiger partial charge in [0.15, 0.2) is 0 Å². The molecule has 0 unspecified atom stereocenters. The summed E-state index contributed by atoms with van der Waals surface area (Å²) in [6.45, 7) is 6.39. The topological polar surface area (TPSA) is 9.23 Å². The minimum Gasteiger partial charge on any atom is -0.497 e. The van der Waals surface area contributed by atoms with Crippen molar-refractivity contribution >= 4 is 0 Å². The highest BCUT2D eigenvalue weighted by Crippen LogP contribution is 2.10. The highest BCUT2D eigenvalue weighted by Gasteiger charge is 1.89. The summed E-state index contributed by atoms with van der Waals surface area (Å²) >= 11 is 0. The first-order valence-electron chi connectivity index (χ1n) is 4.91. The summed E-state index contributed by atoms with van der Waals surface area (Å²) in [6.07, 6.45) is 2.34. The van der Waals surface area contributed by atoms with Crippen LogP contribution in [0.5, 0.6) is 5.75 Å². The average molecular weight is 180 g/mol. The number of hydrogen-bond donors (Lipinski definition) is 0. The molecule has 0 heterocycles. The zero-order valence-electron chi connectivity index (χ0n) is 9.13. The largest absolute Gasteiger partial charge is 0.497 e. The SMILES string of the molecule is CCC.CCc1ccc(OC)cc1. The number of rotatable bonds is 2. The summed E-state index contributed by atoms with van der Waals surface area (Å²) in [5, 5.41) is 0. The van der Waals surface area contributed by atoms with E-state index in [4.69, 9.17) is 4.74 Å². The highest BCUT2D eigenvalue weighted by atomic mass is 16.5. The molecule has 0 bridgehead atoms. The molecule has 74 valence electrons. The van der Waals surface area contributed by atoms with Crippen LogP contribution in [0.1, 0.15) is 32.8 Å². The Morgan fingerprint density at radius 2 is 1.46 bits per heavy atom. The van der Waals surface area contributed by atoms with Crippen molar-refractivity contribution < 1.29 is 4.74 Å². The van der Waals surface area contributed by atoms with Crippen LogP contribution in [0.4, 0.5) is 0 Å². The van der Waals surface area contributed by atoms with Gasteiger partial charge in [-0.1, -0.05) is 39.3 Å². The molecule has 0 radical (unpaired) electrons. The number of methoxy groups -OCH3 is 1. The third-order valence-electron chi connectivity index (χ3n) is 1.57. The first kappa shape index (κ1) is 12.0. The molecule has 1 aromatic carbocycles. The van der Waals surface area contributed by atoms with Gasteiger partial charge in [0.2, 0.25) is 0 Å². The van der Waals surface area contributed by atoms with Crippen molar-refractivity contribution in [3.8, 4) is 5.75 Å². The number of ether oxygens (including phenoxy) is 1. The molecule has 0 atom stereocenters. The van der Waals surface area contributed by atoms with Gasteiger partial charge in [-0.05, 0) is 24.1 Å². The summed E-state index contributed by atoms with van der Waals surface area (Å²) in [7, 11) is 1.68. The Bertz CT molecular complexity index is 178. The predicted molar refractivity (Wildman–Crippen MR) is 58.3 cm³/mol. The molecular formula is C12H20O. The fourth-order valence-corrected chi connectivity index (χ4v) is 0.861. The lowest BCUT2D eigenvalue weighted by Gasteiger charge is -1.99. The zero-order valence-corrected chi connectivity index (χ0v) is 9.13. The molecule has 1 nitrogen and oxygen atoms in total. The van der Waals surface area contributed by atoms with Crippen LogP contribution in [0.2, 0.25) is 0 Å². The van der Waals surface area contributed by atoms with Gasteiger partial charge in [-0.15, -0.1) is 0 Å². The summed E-state index contributed by atoms with van der Waals surface area (Å²) in [4.78, 5) is 0. The van der Waals surface area contributed by atoms with Crippen LogP contribution in [-0.4, -0.2) is 7.11 Å². The molecule has 0 aliphatic carbocycles. The zero-order chi connectivity index (χ0) is 10.1. The molecule has 0 aliphatic heterocycles. The Balaban J connectivity index is 0.000000424. The predicted octanol–water partition coefficient (Wildman–Crippen LogP) is 3.67. The van der Waals surface area contributed by atoms with Gasteiger partial charge in [0.25, 0.3) is 0 Å². The van der Waals surface area contributed by atoms with Crippen LogP contribution in [0.25, 0.3) is 0 Å². The van der Waals surface area contributed by atoms with Crippen molar-refractivity contribution in [2.24, 2.45) is 0 Å². The van der Waals surface area contributed by atoms with E-state index in [1.807, 2.05) is 12.1 Å². The number of hydrogen-bond acceptors (Lipinski definition) is 1. The normalized spacial score (nSPS) is 8.62. The van der Waals surface area contributed by atoms with Gasteiger partial charge >= 0.3 is 0 Å². The molecule has 0 aliphatic rings. The second-order valence-electron chi connectivity index (χ2n) is 2.91. The lowest BCUT2D eigenvalue weighted by Crippen LogP contribution is -1.83. The monoisotopic (exact) mass is 180 g/mol. The number of aryl methyl sites for hydroxylation is 1. The summed E-state index contributed by atoms with van der Waals surface area (Å²) in [5.74, 6) is 0.928. The summed E-state index contributed by atoms with van der Waals surface area (Å²) in [5.41, 5.74) is 1.35. The van der Waals surface area contributed by atoms with E-state index in [1.54, 1.807) is 7.11 Å². The van der Waals surface area contributed by atoms with Crippen LogP contribution in [0.3, 0.4) is 0 Å². The molecule has 0 fully saturated rings. The molecule has 13 heavy (non-hydrogen) atoms. The van der Waals surface area contributed by atoms with E-state index >= 15 is 0 Å². The van der Waals surface area contributed by atoms with Crippen molar-refractivity contribution in [3.63, 3.8) is 0 Å². The van der Waals surface area contributed by atoms with Crippen molar-refractivity contribution in [1.82, 2.24) is 0 Å². The van der Waals surface area contributed by atoms with Gasteiger partial charge in [-0.25, -0.2) is 0 Å². The van der Waals surface area contributed by atoms with Gasteiger partial charge < -0.3 is 4.74 Å². The van der Waals surface area contributed by atoms with Gasteiger partial charge in [-0.3, -0.25) is 0 Å². The molecule has 0 aromatic heterocycles. The van der Waals surface area contributed by atoms with Crippen molar-refractivity contribution in [2.75, 3.05) is 7.11 Å². The molecule has 0 spiro atoms. The smallest absolute Gasteiger partial charge is 0.118 e. The molecule has 0 N–H and O–H groups in total. The van der Waals surface area contributed by atoms with Crippen molar-refractivity contribution in [3.05, 3.63) is 29.8 Å². The highest BCUT2D eigenvalue weighted by molar-refractivity contribution is 5.26. The quantitative estimate of drug-likeness (QED) is 0.674. The van der Waals surface area contributed by atoms with E-state index in [0.29, 0.717) is 0 Å². The molecular weight excluding hydrogens is 160 g/mol. The van der Waals surface area contributed by atoms with Gasteiger partial charge in [0.1, 0.15) is 5.75 Å². The third-order valence-corrected chi connectivity index (χ3v) is 1.57. The van der Waals surface area contributed by atoms with Crippen molar-refractivity contribution in [1.29, 1.82) is 0 Å². The van der Waals surface area contributed by atoms with Crippen LogP contribution >= 0.6 is 0 Å². The Morgan fingerprint density at radius 1 is 1.00 bits per heavy atom. The third kappa shape index (κ3) is 5.29. The van der Waals surface area contributed by atoms with Crippen molar-refractivity contribution in [2.45, 2.75) is 33.6 Å². The van der Waals surface area contributed by atoms with Crippen LogP contribution in [0, 0.1) is 0 Å². The summed E-state index contributed by atoms with van der Waals surface area (Å²) in [6, 6.07) is 8.13. The van der Waals surface area contributed by atoms with Crippen LogP contribution in [0.15, 0.2) is 24.3 Å². The standard InChI is InChI=1S/C9H12O.C3H8/c1-3-8-4-6-9(10-2)7-5-8;1-3-2/h4-7H,3H2,1-2H3;3H2,1-2H3. The van der Waals surface area contributed by atoms with E-state index in [-0.39, 0.29) is 0 Å². The maximum absolute atomic E-state index is 5.01. The fraction of sp³-hybridized carbons (Fsp3) is 0.500. The molecule has 0 saturated heterocycles. The van der Waals surface area contributed by atoms with Gasteiger partial charge in [0, 0.05) is 0 Å². The molecule has 0 amide bonds. The Labute approximate surface area is 81.7 Å². The molecule has 1 rings (SSSR count). The lowest BCUT2D eigenvalue weighted by molar-refractivity contribution is 0.414. The minimum absolute atomic E-state index is 0.928. The van der Waals surface area contributed by atoms with Gasteiger partial charge in [0.05, 0.1) is 7.11 Å². The van der Waals surface area contributed by atoms with Crippen LogP contribution in [-0.2, 0) is 6.42 Å². The average Bonchev–Trinajstić information content (AvgIpc) is 2.19. The van der Waals surface area contributed by atoms with E-state index < -0.39 is 0 Å². The first-order chi connectivity index (χ1) is 6.28. The summed E-state index contributed by atoms with van der Waals surface area (Å²) < 4.78 is 5.01. The van der Waals surface area contributed by atoms with E-state index in [2.05, 4.69) is 32.9 Å². The Hall–Kier alpha value is -0.980. The number of benzene rings is 1. The molecule has 1 heteroatoms. The minimum atomic E-state index is 0.928. The van der Waals surface area contributed by atoms with E-state index in [0.717, 1.165) is 12.2 Å². The first-order valence-corrected chi connectivity index (χ1v) is 4.91.